The van der Waals surface area contributed by atoms with E-state index in [-0.39, 0.29) is 11.7 Å². The molecule has 1 nitrogen and oxygen atoms in total. The molecule has 0 saturated carbocycles. The Hall–Kier alpha value is -0.770. The van der Waals surface area contributed by atoms with Crippen molar-refractivity contribution in [1.29, 1.82) is 0 Å². The Labute approximate surface area is 80.9 Å². The molecule has 0 fully saturated rings. The average Bonchev–Trinajstić information content (AvgIpc) is 2.14. The zero-order valence-corrected chi connectivity index (χ0v) is 8.44. The van der Waals surface area contributed by atoms with E-state index in [0.29, 0.717) is 0 Å². The van der Waals surface area contributed by atoms with Crippen LogP contribution in [0.15, 0.2) is 0 Å². The Bertz CT molecular complexity index is 219. The van der Waals surface area contributed by atoms with Crippen molar-refractivity contribution in [3.8, 4) is 11.8 Å². The second-order valence-corrected chi connectivity index (χ2v) is 3.79. The maximum Gasteiger partial charge on any atom is 0.144 e. The molecule has 1 atom stereocenters. The van der Waals surface area contributed by atoms with Gasteiger partial charge in [-0.15, -0.1) is 5.92 Å². The molecule has 72 valence electrons. The first kappa shape index (κ1) is 10.3. The monoisotopic (exact) mass is 178 g/mol. The molecule has 0 heterocycles. The molecule has 0 bridgehead atoms. The van der Waals surface area contributed by atoms with E-state index in [2.05, 4.69) is 11.8 Å². The van der Waals surface area contributed by atoms with Gasteiger partial charge in [0.25, 0.3) is 0 Å². The van der Waals surface area contributed by atoms with Crippen molar-refractivity contribution < 1.29 is 4.79 Å². The van der Waals surface area contributed by atoms with E-state index >= 15 is 0 Å². The minimum absolute atomic E-state index is 0.0260. The van der Waals surface area contributed by atoms with Gasteiger partial charge < -0.3 is 0 Å². The van der Waals surface area contributed by atoms with Crippen molar-refractivity contribution >= 4 is 5.78 Å². The van der Waals surface area contributed by atoms with Crippen LogP contribution in [0.4, 0.5) is 0 Å². The van der Waals surface area contributed by atoms with Crippen LogP contribution in [0, 0.1) is 17.8 Å². The van der Waals surface area contributed by atoms with E-state index in [1.54, 1.807) is 6.92 Å². The molecule has 0 aromatic rings. The quantitative estimate of drug-likeness (QED) is 0.564. The van der Waals surface area contributed by atoms with Crippen molar-refractivity contribution in [1.82, 2.24) is 0 Å². The Kier molecular flexibility index (Phi) is 4.60. The standard InChI is InChI=1S/C12H18O/c1-11(13)12-9-7-5-3-2-4-6-8-10-12/h12H,2-7,9H2,1H3. The van der Waals surface area contributed by atoms with Crippen LogP contribution in [-0.4, -0.2) is 5.78 Å². The highest BCUT2D eigenvalue weighted by Gasteiger charge is 2.10. The van der Waals surface area contributed by atoms with Gasteiger partial charge in [0, 0.05) is 6.42 Å². The lowest BCUT2D eigenvalue weighted by Crippen LogP contribution is -2.08. The highest BCUT2D eigenvalue weighted by molar-refractivity contribution is 5.81. The molecular formula is C12H18O. The third kappa shape index (κ3) is 4.12. The van der Waals surface area contributed by atoms with Gasteiger partial charge in [-0.25, -0.2) is 0 Å². The minimum atomic E-state index is 0.0260. The van der Waals surface area contributed by atoms with Crippen LogP contribution in [0.25, 0.3) is 0 Å². The molecule has 0 amide bonds. The average molecular weight is 178 g/mol. The number of ketones is 1. The molecule has 0 aliphatic heterocycles. The van der Waals surface area contributed by atoms with E-state index in [4.69, 9.17) is 0 Å². The van der Waals surface area contributed by atoms with Crippen molar-refractivity contribution in [3.63, 3.8) is 0 Å². The molecule has 0 radical (unpaired) electrons. The lowest BCUT2D eigenvalue weighted by molar-refractivity contribution is -0.119. The number of hydrogen-bond donors (Lipinski definition) is 0. The third-order valence-electron chi connectivity index (χ3n) is 2.56. The molecule has 0 saturated heterocycles. The minimum Gasteiger partial charge on any atom is -0.299 e. The van der Waals surface area contributed by atoms with Gasteiger partial charge in [0.15, 0.2) is 0 Å². The van der Waals surface area contributed by atoms with E-state index in [1.165, 1.54) is 32.1 Å². The lowest BCUT2D eigenvalue weighted by atomic mass is 9.96. The van der Waals surface area contributed by atoms with Gasteiger partial charge in [0.1, 0.15) is 5.78 Å². The third-order valence-corrected chi connectivity index (χ3v) is 2.56. The predicted molar refractivity (Wildman–Crippen MR) is 54.3 cm³/mol. The van der Waals surface area contributed by atoms with Crippen molar-refractivity contribution in [2.24, 2.45) is 5.92 Å². The molecule has 0 spiro atoms. The summed E-state index contributed by atoms with van der Waals surface area (Å²) in [5.41, 5.74) is 0. The van der Waals surface area contributed by atoms with Crippen LogP contribution >= 0.6 is 0 Å². The first-order valence-electron chi connectivity index (χ1n) is 5.29. The highest BCUT2D eigenvalue weighted by Crippen LogP contribution is 2.14. The molecule has 13 heavy (non-hydrogen) atoms. The summed E-state index contributed by atoms with van der Waals surface area (Å²) in [6.45, 7) is 1.66. The number of Topliss-reactive ketones (excluding diaryl/α,β-unsaturated/α-hetero) is 1. The van der Waals surface area contributed by atoms with Crippen LogP contribution in [0.3, 0.4) is 0 Å². The van der Waals surface area contributed by atoms with Crippen LogP contribution in [0.2, 0.25) is 0 Å². The molecular weight excluding hydrogens is 160 g/mol. The lowest BCUT2D eigenvalue weighted by Gasteiger charge is -2.07. The molecule has 0 aromatic carbocycles. The molecule has 1 rings (SSSR count). The summed E-state index contributed by atoms with van der Waals surface area (Å²) in [6, 6.07) is 0. The van der Waals surface area contributed by atoms with Gasteiger partial charge in [0.2, 0.25) is 0 Å². The van der Waals surface area contributed by atoms with Crippen molar-refractivity contribution in [2.75, 3.05) is 0 Å². The molecule has 1 aliphatic rings. The van der Waals surface area contributed by atoms with Crippen LogP contribution < -0.4 is 0 Å². The SMILES string of the molecule is CC(=O)C1C#CCCCCCCC1. The summed E-state index contributed by atoms with van der Waals surface area (Å²) in [7, 11) is 0. The van der Waals surface area contributed by atoms with Gasteiger partial charge in [-0.3, -0.25) is 4.79 Å². The van der Waals surface area contributed by atoms with Gasteiger partial charge in [0.05, 0.1) is 5.92 Å². The number of hydrogen-bond acceptors (Lipinski definition) is 1. The summed E-state index contributed by atoms with van der Waals surface area (Å²) in [5, 5.41) is 0. The molecule has 0 N–H and O–H groups in total. The summed E-state index contributed by atoms with van der Waals surface area (Å²) < 4.78 is 0. The summed E-state index contributed by atoms with van der Waals surface area (Å²) in [6.07, 6.45) is 8.21. The Morgan fingerprint density at radius 3 is 2.62 bits per heavy atom. The second-order valence-electron chi connectivity index (χ2n) is 3.79. The van der Waals surface area contributed by atoms with Crippen LogP contribution in [0.5, 0.6) is 0 Å². The summed E-state index contributed by atoms with van der Waals surface area (Å²) >= 11 is 0. The van der Waals surface area contributed by atoms with Gasteiger partial charge in [-0.05, 0) is 19.8 Å². The summed E-state index contributed by atoms with van der Waals surface area (Å²) in [5.74, 6) is 6.47. The maximum absolute atomic E-state index is 11.2. The van der Waals surface area contributed by atoms with Crippen LogP contribution in [-0.2, 0) is 4.79 Å². The topological polar surface area (TPSA) is 17.1 Å². The normalized spacial score (nSPS) is 24.2. The molecule has 1 unspecified atom stereocenters. The van der Waals surface area contributed by atoms with Crippen LogP contribution in [0.1, 0.15) is 51.9 Å². The zero-order chi connectivity index (χ0) is 9.52. The number of carbonyl (C=O) groups excluding carboxylic acids is 1. The molecule has 0 aromatic heterocycles. The predicted octanol–water partition coefficient (Wildman–Crippen LogP) is 2.94. The fraction of sp³-hybridized carbons (Fsp3) is 0.750. The van der Waals surface area contributed by atoms with Gasteiger partial charge in [-0.2, -0.15) is 0 Å². The Morgan fingerprint density at radius 2 is 1.85 bits per heavy atom. The highest BCUT2D eigenvalue weighted by atomic mass is 16.1. The second kappa shape index (κ2) is 5.80. The largest absolute Gasteiger partial charge is 0.299 e. The fourth-order valence-electron chi connectivity index (χ4n) is 1.66. The van der Waals surface area contributed by atoms with E-state index in [9.17, 15) is 4.79 Å². The number of rotatable bonds is 1. The first-order chi connectivity index (χ1) is 6.30. The molecule has 1 aliphatic carbocycles. The fourth-order valence-corrected chi connectivity index (χ4v) is 1.66. The zero-order valence-electron chi connectivity index (χ0n) is 8.44. The molecule has 1 heteroatoms. The summed E-state index contributed by atoms with van der Waals surface area (Å²) in [4.78, 5) is 11.2. The number of carbonyl (C=O) groups is 1. The van der Waals surface area contributed by atoms with E-state index in [0.717, 1.165) is 12.8 Å². The Balaban J connectivity index is 2.50. The first-order valence-corrected chi connectivity index (χ1v) is 5.29. The van der Waals surface area contributed by atoms with Crippen molar-refractivity contribution in [2.45, 2.75) is 51.9 Å². The smallest absolute Gasteiger partial charge is 0.144 e. The Morgan fingerprint density at radius 1 is 1.15 bits per heavy atom. The van der Waals surface area contributed by atoms with Gasteiger partial charge in [-0.1, -0.05) is 31.6 Å². The van der Waals surface area contributed by atoms with E-state index in [1.807, 2.05) is 0 Å². The van der Waals surface area contributed by atoms with Gasteiger partial charge >= 0.3 is 0 Å². The maximum atomic E-state index is 11.2. The van der Waals surface area contributed by atoms with E-state index < -0.39 is 0 Å². The van der Waals surface area contributed by atoms with Crippen molar-refractivity contribution in [3.05, 3.63) is 0 Å².